The predicted molar refractivity (Wildman–Crippen MR) is 388 cm³/mol. The molecule has 0 spiro atoms. The zero-order chi connectivity index (χ0) is 82.6. The maximum Gasteiger partial charge on any atom is 0.248 e. The summed E-state index contributed by atoms with van der Waals surface area (Å²) in [5, 5.41) is 120. The van der Waals surface area contributed by atoms with Crippen molar-refractivity contribution < 1.29 is 151 Å². The van der Waals surface area contributed by atoms with E-state index in [0.29, 0.717) is 70.6 Å². The molecule has 11 amide bonds. The molecule has 112 heavy (non-hydrogen) atoms. The highest BCUT2D eigenvalue weighted by Crippen LogP contribution is 2.26. The van der Waals surface area contributed by atoms with Crippen LogP contribution < -0.4 is 64.4 Å². The summed E-state index contributed by atoms with van der Waals surface area (Å²) in [5.74, 6) is 0.367. The fourth-order valence-corrected chi connectivity index (χ4v) is 11.5. The minimum atomic E-state index is -1.53. The average molecular weight is 1620 g/mol. The fraction of sp³-hybridized carbons (Fsp3) is 0.841. The molecule has 3 heterocycles. The van der Waals surface area contributed by atoms with E-state index in [1.807, 2.05) is 0 Å². The normalized spacial score (nSPS) is 24.1. The smallest absolute Gasteiger partial charge is 0.248 e. The minimum Gasteiger partial charge on any atom is -0.394 e. The number of ether oxygens (including phenoxy) is 10. The molecule has 3 saturated heterocycles. The Kier molecular flexibility index (Phi) is 51.7. The second-order valence-corrected chi connectivity index (χ2v) is 27.1. The van der Waals surface area contributed by atoms with Crippen molar-refractivity contribution in [2.45, 2.75) is 227 Å². The van der Waals surface area contributed by atoms with Gasteiger partial charge in [-0.05, 0) is 70.6 Å². The van der Waals surface area contributed by atoms with Gasteiger partial charge in [0.15, 0.2) is 18.9 Å². The van der Waals surface area contributed by atoms with Crippen LogP contribution in [0.3, 0.4) is 0 Å². The number of unbranched alkanes of at least 4 members (excludes halogenated alkanes) is 4. The SMILES string of the molecule is CC(=O)NC1C(O)[C@@H](O)C(CO)O[C@H]1OCCCCC(=O)NCCCNC(=O)CCOCC(COCCC(=O)NCCCNC(=O)CCCCO[C@@H]1OC(CO)[C@H](O)C(O)C1NC(C)=O)(COCCC(=O)NCCCNC(=O)CCCCO[C@@H]1OC(CO)[C@H](O)C(O)C1NC(C)=O)NC(=O)COCCCCNC(=O)CON. The molecule has 646 valence electrons. The molecule has 0 saturated carbocycles. The Bertz CT molecular complexity index is 2510. The Morgan fingerprint density at radius 2 is 0.616 bits per heavy atom. The van der Waals surface area contributed by atoms with Crippen LogP contribution in [0.25, 0.3) is 0 Å². The molecule has 0 aromatic heterocycles. The van der Waals surface area contributed by atoms with Crippen molar-refractivity contribution in [3.05, 3.63) is 0 Å². The predicted octanol–water partition coefficient (Wildman–Crippen LogP) is -8.88. The molecule has 3 aliphatic heterocycles. The van der Waals surface area contributed by atoms with Gasteiger partial charge in [-0.3, -0.25) is 57.6 Å². The van der Waals surface area contributed by atoms with Gasteiger partial charge in [-0.1, -0.05) is 0 Å². The van der Waals surface area contributed by atoms with Crippen molar-refractivity contribution in [3.63, 3.8) is 0 Å². The second kappa shape index (κ2) is 58.2. The van der Waals surface area contributed by atoms with Crippen LogP contribution in [0.15, 0.2) is 0 Å². The van der Waals surface area contributed by atoms with E-state index in [1.54, 1.807) is 0 Å². The second-order valence-electron chi connectivity index (χ2n) is 27.1. The molecule has 43 heteroatoms. The van der Waals surface area contributed by atoms with Gasteiger partial charge in [-0.25, -0.2) is 5.90 Å². The molecule has 0 radical (unpaired) electrons. The molecule has 43 nitrogen and oxygen atoms in total. The number of rotatable bonds is 61. The quantitative estimate of drug-likeness (QED) is 0.0199. The number of amides is 11. The summed E-state index contributed by atoms with van der Waals surface area (Å²) in [5.41, 5.74) is -1.53. The van der Waals surface area contributed by atoms with Crippen LogP contribution in [-0.4, -0.2) is 353 Å². The highest BCUT2D eigenvalue weighted by atomic mass is 16.7. The monoisotopic (exact) mass is 1620 g/mol. The van der Waals surface area contributed by atoms with Gasteiger partial charge in [0.2, 0.25) is 65.0 Å². The first-order valence-corrected chi connectivity index (χ1v) is 38.0. The molecule has 3 aliphatic rings. The van der Waals surface area contributed by atoms with Crippen LogP contribution in [0.4, 0.5) is 0 Å². The summed E-state index contributed by atoms with van der Waals surface area (Å²) in [6.07, 6.45) is -11.5. The lowest BCUT2D eigenvalue weighted by atomic mass is 9.97. The van der Waals surface area contributed by atoms with Crippen LogP contribution >= 0.6 is 0 Å². The summed E-state index contributed by atoms with van der Waals surface area (Å²) in [6.45, 7) is 1.40. The molecule has 0 bridgehead atoms. The molecule has 0 aromatic rings. The summed E-state index contributed by atoms with van der Waals surface area (Å²) in [6, 6.07) is -3.31. The Morgan fingerprint density at radius 3 is 0.911 bits per heavy atom. The van der Waals surface area contributed by atoms with Gasteiger partial charge < -0.3 is 152 Å². The van der Waals surface area contributed by atoms with Crippen molar-refractivity contribution in [3.8, 4) is 0 Å². The number of nitrogens with one attached hydrogen (secondary N) is 11. The Morgan fingerprint density at radius 1 is 0.330 bits per heavy atom. The van der Waals surface area contributed by atoms with E-state index < -0.39 is 171 Å². The molecule has 15 atom stereocenters. The minimum absolute atomic E-state index is 0.0669. The Balaban J connectivity index is 1.55. The molecular formula is C69H124N12O31. The molecule has 3 fully saturated rings. The summed E-state index contributed by atoms with van der Waals surface area (Å²) < 4.78 is 57.4. The van der Waals surface area contributed by atoms with Crippen molar-refractivity contribution in [1.29, 1.82) is 0 Å². The zero-order valence-corrected chi connectivity index (χ0v) is 64.3. The lowest BCUT2D eigenvalue weighted by Crippen LogP contribution is -2.64. The maximum atomic E-state index is 13.7. The first-order valence-electron chi connectivity index (χ1n) is 38.0. The number of hydrogen-bond donors (Lipinski definition) is 21. The van der Waals surface area contributed by atoms with Crippen LogP contribution in [0.2, 0.25) is 0 Å². The first kappa shape index (κ1) is 99.5. The zero-order valence-electron chi connectivity index (χ0n) is 64.3. The largest absolute Gasteiger partial charge is 0.394 e. The highest BCUT2D eigenvalue weighted by molar-refractivity contribution is 5.80. The summed E-state index contributed by atoms with van der Waals surface area (Å²) in [4.78, 5) is 142. The average Bonchev–Trinajstić information content (AvgIpc) is 0.804. The van der Waals surface area contributed by atoms with Gasteiger partial charge in [0, 0.05) is 132 Å². The number of aliphatic hydroxyl groups is 9. The van der Waals surface area contributed by atoms with Crippen molar-refractivity contribution in [2.24, 2.45) is 5.90 Å². The van der Waals surface area contributed by atoms with Crippen LogP contribution in [-0.2, 0) is 105 Å². The van der Waals surface area contributed by atoms with Crippen LogP contribution in [0.5, 0.6) is 0 Å². The van der Waals surface area contributed by atoms with E-state index in [0.717, 1.165) is 0 Å². The van der Waals surface area contributed by atoms with Gasteiger partial charge in [0.1, 0.15) is 91.8 Å². The summed E-state index contributed by atoms with van der Waals surface area (Å²) in [7, 11) is 0. The van der Waals surface area contributed by atoms with Gasteiger partial charge in [-0.2, -0.15) is 0 Å². The van der Waals surface area contributed by atoms with Crippen molar-refractivity contribution >= 4 is 65.0 Å². The van der Waals surface area contributed by atoms with Gasteiger partial charge in [-0.15, -0.1) is 0 Å². The Labute approximate surface area is 650 Å². The third kappa shape index (κ3) is 41.6. The molecule has 0 aromatic carbocycles. The standard InChI is InChI=1S/C69H124N12O31/c1-43(85)78-57-63(99)60(96)46(35-82)110-66(57)106-29-8-4-15-49(88)71-22-12-25-74-52(91)18-32-103-40-69(81-56(95)38-102-28-11-7-21-77-55(94)39-109-70,41-104-33-19-53(92)75-26-13-23-72-50(89)16-5-9-30-107-67-58(79-44(2)86)64(100)61(97)47(36-83)111-67)42-105-34-20-54(93)76-27-14-24-73-51(90)17-6-10-31-108-68-59(80-45(3)87)65(101)62(98)48(37-84)112-68/h46-48,57-68,82-84,96-101H,4-42,70H2,1-3H3,(H,71,88)(H,72,89)(H,73,90)(H,74,91)(H,75,92)(H,76,93)(H,77,94)(H,78,85)(H,79,86)(H,80,87)(H,81,95)/t46?,47?,48?,57?,58?,59?,60-,61-,62-,63?,64?,65?,66+,67+,68+,69?/m0/s1. The maximum absolute atomic E-state index is 13.7. The van der Waals surface area contributed by atoms with E-state index in [-0.39, 0.29) is 175 Å². The fourth-order valence-electron chi connectivity index (χ4n) is 11.5. The number of hydrogen-bond acceptors (Lipinski definition) is 32. The number of carbonyl (C=O) groups excluding carboxylic acids is 11. The molecule has 0 aliphatic carbocycles. The highest BCUT2D eigenvalue weighted by Gasteiger charge is 2.48. The van der Waals surface area contributed by atoms with Gasteiger partial charge in [0.05, 0.1) is 59.5 Å². The van der Waals surface area contributed by atoms with E-state index in [1.165, 1.54) is 20.8 Å². The van der Waals surface area contributed by atoms with Gasteiger partial charge in [0.25, 0.3) is 0 Å². The third-order valence-electron chi connectivity index (χ3n) is 17.4. The van der Waals surface area contributed by atoms with Gasteiger partial charge >= 0.3 is 0 Å². The van der Waals surface area contributed by atoms with Crippen molar-refractivity contribution in [1.82, 2.24) is 58.5 Å². The third-order valence-corrected chi connectivity index (χ3v) is 17.4. The number of carbonyl (C=O) groups is 11. The molecular weight excluding hydrogens is 1490 g/mol. The van der Waals surface area contributed by atoms with E-state index in [9.17, 15) is 98.7 Å². The first-order chi connectivity index (χ1) is 53.7. The van der Waals surface area contributed by atoms with Crippen molar-refractivity contribution in [2.75, 3.05) is 145 Å². The summed E-state index contributed by atoms with van der Waals surface area (Å²) >= 11 is 0. The topological polar surface area (TPSA) is 630 Å². The molecule has 3 rings (SSSR count). The van der Waals surface area contributed by atoms with Crippen LogP contribution in [0, 0.1) is 0 Å². The van der Waals surface area contributed by atoms with Crippen LogP contribution in [0.1, 0.15) is 130 Å². The lowest BCUT2D eigenvalue weighted by molar-refractivity contribution is -0.270. The number of nitrogens with two attached hydrogens (primary N) is 1. The molecule has 22 N–H and O–H groups in total. The lowest BCUT2D eigenvalue weighted by Gasteiger charge is -2.42. The number of aliphatic hydroxyl groups excluding tert-OH is 9. The van der Waals surface area contributed by atoms with E-state index in [2.05, 4.69) is 63.3 Å². The molecule has 9 unspecified atom stereocenters. The van der Waals surface area contributed by atoms with E-state index in [4.69, 9.17) is 53.3 Å². The van der Waals surface area contributed by atoms with E-state index >= 15 is 0 Å². The Hall–Kier alpha value is -6.67.